The molecule has 1 fully saturated rings. The van der Waals surface area contributed by atoms with Crippen molar-refractivity contribution in [1.82, 2.24) is 9.88 Å². The lowest BCUT2D eigenvalue weighted by Crippen LogP contribution is -2.40. The lowest BCUT2D eigenvalue weighted by molar-refractivity contribution is -0.122. The molecule has 0 unspecified atom stereocenters. The van der Waals surface area contributed by atoms with E-state index in [2.05, 4.69) is 4.98 Å². The predicted molar refractivity (Wildman–Crippen MR) is 75.0 cm³/mol. The van der Waals surface area contributed by atoms with Crippen LogP contribution in [-0.2, 0) is 14.8 Å². The first kappa shape index (κ1) is 15.6. The number of hydrogen-bond donors (Lipinski definition) is 1. The van der Waals surface area contributed by atoms with Gasteiger partial charge in [0.15, 0.2) is 10.8 Å². The number of sulfonamides is 1. The molecule has 2 rings (SSSR count). The molecular weight excluding hydrogens is 294 g/mol. The summed E-state index contributed by atoms with van der Waals surface area (Å²) in [6, 6.07) is 2.16. The molecule has 114 valence electrons. The Morgan fingerprint density at radius 1 is 1.43 bits per heavy atom. The lowest BCUT2D eigenvalue weighted by Gasteiger charge is -2.23. The van der Waals surface area contributed by atoms with Crippen LogP contribution in [0.2, 0.25) is 0 Å². The number of aromatic nitrogens is 1. The van der Waals surface area contributed by atoms with Crippen LogP contribution in [0, 0.1) is 0 Å². The maximum absolute atomic E-state index is 12.4. The van der Waals surface area contributed by atoms with Crippen LogP contribution in [0.3, 0.4) is 0 Å². The van der Waals surface area contributed by atoms with E-state index in [4.69, 9.17) is 5.14 Å². The van der Waals surface area contributed by atoms with Crippen LogP contribution in [0.25, 0.3) is 0 Å². The van der Waals surface area contributed by atoms with E-state index in [9.17, 15) is 18.0 Å². The number of nitrogens with zero attached hydrogens (tertiary/aromatic N) is 2. The Labute approximate surface area is 123 Å². The number of Topliss-reactive ketones (excluding diaryl/α,β-unsaturated/α-hetero) is 1. The molecule has 1 saturated heterocycles. The monoisotopic (exact) mass is 311 g/mol. The lowest BCUT2D eigenvalue weighted by atomic mass is 10.1. The van der Waals surface area contributed by atoms with Crippen LogP contribution >= 0.6 is 0 Å². The maximum atomic E-state index is 12.4. The molecule has 0 spiro atoms. The van der Waals surface area contributed by atoms with Crippen molar-refractivity contribution in [3.8, 4) is 0 Å². The van der Waals surface area contributed by atoms with E-state index < -0.39 is 10.0 Å². The third-order valence-corrected chi connectivity index (χ3v) is 4.33. The van der Waals surface area contributed by atoms with Gasteiger partial charge in [0.2, 0.25) is 0 Å². The average Bonchev–Trinajstić information content (AvgIpc) is 2.94. The first-order valence-corrected chi connectivity index (χ1v) is 8.21. The first-order valence-electron chi connectivity index (χ1n) is 6.67. The molecule has 0 radical (unpaired) electrons. The van der Waals surface area contributed by atoms with E-state index in [0.29, 0.717) is 19.4 Å². The Morgan fingerprint density at radius 2 is 2.14 bits per heavy atom. The standard InChI is InChI=1S/C13H17N3O4S/c1-2-11(17)10-4-3-7-16(10)13(18)9-5-6-12(15-8-9)21(14,19)20/h5-6,8,10H,2-4,7H2,1H3,(H2,14,19,20)/t10-/m1/s1. The van der Waals surface area contributed by atoms with E-state index in [-0.39, 0.29) is 28.3 Å². The van der Waals surface area contributed by atoms with E-state index in [1.54, 1.807) is 6.92 Å². The van der Waals surface area contributed by atoms with Crippen molar-refractivity contribution in [3.63, 3.8) is 0 Å². The molecule has 2 N–H and O–H groups in total. The van der Waals surface area contributed by atoms with E-state index in [1.165, 1.54) is 23.2 Å². The fourth-order valence-corrected chi connectivity index (χ4v) is 2.88. The second-order valence-corrected chi connectivity index (χ2v) is 6.41. The molecule has 2 heterocycles. The summed E-state index contributed by atoms with van der Waals surface area (Å²) in [6.07, 6.45) is 3.01. The fraction of sp³-hybridized carbons (Fsp3) is 0.462. The molecule has 0 aliphatic carbocycles. The zero-order chi connectivity index (χ0) is 15.6. The van der Waals surface area contributed by atoms with E-state index in [0.717, 1.165) is 6.42 Å². The maximum Gasteiger partial charge on any atom is 0.256 e. The fourth-order valence-electron chi connectivity index (χ4n) is 2.42. The van der Waals surface area contributed by atoms with Crippen molar-refractivity contribution in [2.24, 2.45) is 5.14 Å². The van der Waals surface area contributed by atoms with Gasteiger partial charge in [-0.25, -0.2) is 18.5 Å². The number of ketones is 1. The van der Waals surface area contributed by atoms with Crippen molar-refractivity contribution < 1.29 is 18.0 Å². The first-order chi connectivity index (χ1) is 9.84. The number of likely N-dealkylation sites (tertiary alicyclic amines) is 1. The van der Waals surface area contributed by atoms with E-state index in [1.807, 2.05) is 0 Å². The Balaban J connectivity index is 2.22. The Hall–Kier alpha value is -1.80. The molecule has 1 amide bonds. The number of carbonyl (C=O) groups is 2. The van der Waals surface area contributed by atoms with Crippen LogP contribution in [-0.4, -0.2) is 42.6 Å². The van der Waals surface area contributed by atoms with Gasteiger partial charge in [-0.2, -0.15) is 0 Å². The molecular formula is C13H17N3O4S. The van der Waals surface area contributed by atoms with Crippen LogP contribution in [0.5, 0.6) is 0 Å². The molecule has 1 aromatic heterocycles. The molecule has 0 saturated carbocycles. The molecule has 1 aliphatic rings. The Morgan fingerprint density at radius 3 is 2.67 bits per heavy atom. The minimum absolute atomic E-state index is 0.0370. The van der Waals surface area contributed by atoms with Gasteiger partial charge in [0.25, 0.3) is 15.9 Å². The zero-order valence-corrected chi connectivity index (χ0v) is 12.5. The Kier molecular flexibility index (Phi) is 4.38. The number of pyridine rings is 1. The van der Waals surface area contributed by atoms with Gasteiger partial charge in [-0.15, -0.1) is 0 Å². The van der Waals surface area contributed by atoms with Crippen molar-refractivity contribution in [1.29, 1.82) is 0 Å². The SMILES string of the molecule is CCC(=O)[C@H]1CCCN1C(=O)c1ccc(S(N)(=O)=O)nc1. The molecule has 1 aromatic rings. The van der Waals surface area contributed by atoms with Gasteiger partial charge in [-0.05, 0) is 25.0 Å². The third-order valence-electron chi connectivity index (χ3n) is 3.51. The van der Waals surface area contributed by atoms with Crippen LogP contribution in [0.15, 0.2) is 23.4 Å². The average molecular weight is 311 g/mol. The van der Waals surface area contributed by atoms with Crippen molar-refractivity contribution in [3.05, 3.63) is 23.9 Å². The zero-order valence-electron chi connectivity index (χ0n) is 11.7. The number of nitrogens with two attached hydrogens (primary N) is 1. The third kappa shape index (κ3) is 3.27. The minimum Gasteiger partial charge on any atom is -0.329 e. The van der Waals surface area contributed by atoms with Gasteiger partial charge in [-0.1, -0.05) is 6.92 Å². The molecule has 7 nitrogen and oxygen atoms in total. The summed E-state index contributed by atoms with van der Waals surface area (Å²) in [5, 5.41) is 4.66. The smallest absolute Gasteiger partial charge is 0.256 e. The number of primary sulfonamides is 1. The highest BCUT2D eigenvalue weighted by atomic mass is 32.2. The van der Waals surface area contributed by atoms with E-state index >= 15 is 0 Å². The topological polar surface area (TPSA) is 110 Å². The second-order valence-electron chi connectivity index (χ2n) is 4.91. The van der Waals surface area contributed by atoms with Gasteiger partial charge in [0.1, 0.15) is 0 Å². The highest BCUT2D eigenvalue weighted by molar-refractivity contribution is 7.89. The summed E-state index contributed by atoms with van der Waals surface area (Å²) in [7, 11) is -3.88. The summed E-state index contributed by atoms with van der Waals surface area (Å²) < 4.78 is 22.3. The molecule has 0 bridgehead atoms. The highest BCUT2D eigenvalue weighted by Gasteiger charge is 2.33. The quantitative estimate of drug-likeness (QED) is 0.860. The highest BCUT2D eigenvalue weighted by Crippen LogP contribution is 2.21. The summed E-state index contributed by atoms with van der Waals surface area (Å²) in [4.78, 5) is 29.4. The summed E-state index contributed by atoms with van der Waals surface area (Å²) in [5.74, 6) is -0.275. The molecule has 0 aromatic carbocycles. The van der Waals surface area contributed by atoms with Gasteiger partial charge in [0.05, 0.1) is 11.6 Å². The summed E-state index contributed by atoms with van der Waals surface area (Å²) in [6.45, 7) is 2.29. The largest absolute Gasteiger partial charge is 0.329 e. The van der Waals surface area contributed by atoms with Crippen molar-refractivity contribution >= 4 is 21.7 Å². The minimum atomic E-state index is -3.88. The molecule has 8 heteroatoms. The molecule has 1 atom stereocenters. The van der Waals surface area contributed by atoms with Gasteiger partial charge < -0.3 is 4.90 Å². The van der Waals surface area contributed by atoms with Gasteiger partial charge in [-0.3, -0.25) is 9.59 Å². The second kappa shape index (κ2) is 5.90. The summed E-state index contributed by atoms with van der Waals surface area (Å²) in [5.41, 5.74) is 0.248. The normalized spacial score (nSPS) is 18.8. The Bertz CT molecular complexity index is 654. The number of carbonyl (C=O) groups excluding carboxylic acids is 2. The van der Waals surface area contributed by atoms with Gasteiger partial charge in [0, 0.05) is 19.2 Å². The van der Waals surface area contributed by atoms with Crippen LogP contribution < -0.4 is 5.14 Å². The number of rotatable bonds is 4. The van der Waals surface area contributed by atoms with Crippen molar-refractivity contribution in [2.75, 3.05) is 6.54 Å². The number of hydrogen-bond acceptors (Lipinski definition) is 5. The van der Waals surface area contributed by atoms with Crippen molar-refractivity contribution in [2.45, 2.75) is 37.3 Å². The summed E-state index contributed by atoms with van der Waals surface area (Å²) >= 11 is 0. The van der Waals surface area contributed by atoms with Crippen LogP contribution in [0.4, 0.5) is 0 Å². The van der Waals surface area contributed by atoms with Crippen LogP contribution in [0.1, 0.15) is 36.5 Å². The molecule has 1 aliphatic heterocycles. The molecule has 21 heavy (non-hydrogen) atoms. The van der Waals surface area contributed by atoms with Gasteiger partial charge >= 0.3 is 0 Å². The predicted octanol–water partition coefficient (Wildman–Crippen LogP) is 0.313. The number of amides is 1.